The number of hydrogen-bond acceptors (Lipinski definition) is 2. The Kier molecular flexibility index (Phi) is 2.11. The number of urea groups is 1. The fourth-order valence-corrected chi connectivity index (χ4v) is 1.06. The van der Waals surface area contributed by atoms with Gasteiger partial charge in [-0.05, 0) is 13.3 Å². The van der Waals surface area contributed by atoms with Crippen LogP contribution in [-0.4, -0.2) is 40.8 Å². The van der Waals surface area contributed by atoms with Crippen LogP contribution < -0.4 is 0 Å². The number of carbonyl (C=O) groups is 1. The number of nitrogens with zero attached hydrogens (tertiary/aromatic N) is 2. The monoisotopic (exact) mass is 144 g/mol. The lowest BCUT2D eigenvalue weighted by Crippen LogP contribution is -2.47. The van der Waals surface area contributed by atoms with Gasteiger partial charge >= 0.3 is 6.03 Å². The van der Waals surface area contributed by atoms with Crippen LogP contribution in [0.1, 0.15) is 13.3 Å². The fraction of sp³-hybridized carbons (Fsp3) is 0.833. The van der Waals surface area contributed by atoms with Gasteiger partial charge in [0.1, 0.15) is 0 Å². The SMILES string of the molecule is CCN1CCCN(O)C1=O. The van der Waals surface area contributed by atoms with E-state index in [0.29, 0.717) is 13.1 Å². The number of amides is 2. The second-order valence-corrected chi connectivity index (χ2v) is 2.34. The van der Waals surface area contributed by atoms with Crippen molar-refractivity contribution in [2.75, 3.05) is 19.6 Å². The third-order valence-corrected chi connectivity index (χ3v) is 1.67. The second kappa shape index (κ2) is 2.88. The summed E-state index contributed by atoms with van der Waals surface area (Å²) >= 11 is 0. The van der Waals surface area contributed by atoms with E-state index in [1.807, 2.05) is 6.92 Å². The van der Waals surface area contributed by atoms with Crippen molar-refractivity contribution in [1.29, 1.82) is 0 Å². The Labute approximate surface area is 60.0 Å². The molecule has 0 spiro atoms. The van der Waals surface area contributed by atoms with Crippen molar-refractivity contribution in [2.45, 2.75) is 13.3 Å². The average molecular weight is 144 g/mol. The predicted octanol–water partition coefficient (Wildman–Crippen LogP) is 0.523. The Morgan fingerprint density at radius 3 is 2.80 bits per heavy atom. The third-order valence-electron chi connectivity index (χ3n) is 1.67. The second-order valence-electron chi connectivity index (χ2n) is 2.34. The van der Waals surface area contributed by atoms with E-state index in [-0.39, 0.29) is 6.03 Å². The molecule has 0 bridgehead atoms. The summed E-state index contributed by atoms with van der Waals surface area (Å²) in [5, 5.41) is 9.69. The highest BCUT2D eigenvalue weighted by molar-refractivity contribution is 5.73. The summed E-state index contributed by atoms with van der Waals surface area (Å²) in [6, 6.07) is -0.270. The maximum atomic E-state index is 11.0. The van der Waals surface area contributed by atoms with Crippen molar-refractivity contribution in [2.24, 2.45) is 0 Å². The summed E-state index contributed by atoms with van der Waals surface area (Å²) in [4.78, 5) is 12.6. The highest BCUT2D eigenvalue weighted by Crippen LogP contribution is 2.04. The third kappa shape index (κ3) is 1.21. The first-order chi connectivity index (χ1) is 4.75. The van der Waals surface area contributed by atoms with E-state index in [4.69, 9.17) is 5.21 Å². The van der Waals surface area contributed by atoms with Crippen LogP contribution in [0.2, 0.25) is 0 Å². The molecular formula is C6H12N2O2. The Hall–Kier alpha value is -0.770. The van der Waals surface area contributed by atoms with E-state index < -0.39 is 0 Å². The predicted molar refractivity (Wildman–Crippen MR) is 35.8 cm³/mol. The van der Waals surface area contributed by atoms with Crippen LogP contribution in [0.25, 0.3) is 0 Å². The van der Waals surface area contributed by atoms with Crippen molar-refractivity contribution in [1.82, 2.24) is 9.96 Å². The maximum absolute atomic E-state index is 11.0. The molecule has 0 atom stereocenters. The molecule has 10 heavy (non-hydrogen) atoms. The molecule has 58 valence electrons. The van der Waals surface area contributed by atoms with E-state index in [9.17, 15) is 4.79 Å². The van der Waals surface area contributed by atoms with Crippen molar-refractivity contribution < 1.29 is 10.0 Å². The zero-order valence-corrected chi connectivity index (χ0v) is 6.08. The zero-order chi connectivity index (χ0) is 7.56. The topological polar surface area (TPSA) is 43.8 Å². The smallest absolute Gasteiger partial charge is 0.323 e. The minimum absolute atomic E-state index is 0.270. The Bertz CT molecular complexity index is 138. The minimum atomic E-state index is -0.270. The van der Waals surface area contributed by atoms with Gasteiger partial charge < -0.3 is 4.90 Å². The van der Waals surface area contributed by atoms with E-state index in [2.05, 4.69) is 0 Å². The van der Waals surface area contributed by atoms with Crippen LogP contribution in [0.5, 0.6) is 0 Å². The summed E-state index contributed by atoms with van der Waals surface area (Å²) in [6.07, 6.45) is 0.857. The highest BCUT2D eigenvalue weighted by atomic mass is 16.5. The van der Waals surface area contributed by atoms with Crippen LogP contribution in [0.3, 0.4) is 0 Å². The number of carbonyl (C=O) groups excluding carboxylic acids is 1. The fourth-order valence-electron chi connectivity index (χ4n) is 1.06. The van der Waals surface area contributed by atoms with Gasteiger partial charge in [-0.25, -0.2) is 9.86 Å². The van der Waals surface area contributed by atoms with Crippen LogP contribution in [0.4, 0.5) is 4.79 Å². The molecule has 1 aliphatic rings. The van der Waals surface area contributed by atoms with Gasteiger partial charge in [-0.2, -0.15) is 0 Å². The molecule has 0 aromatic rings. The van der Waals surface area contributed by atoms with E-state index in [1.165, 1.54) is 0 Å². The highest BCUT2D eigenvalue weighted by Gasteiger charge is 2.22. The van der Waals surface area contributed by atoms with E-state index in [0.717, 1.165) is 18.0 Å². The molecule has 4 nitrogen and oxygen atoms in total. The zero-order valence-electron chi connectivity index (χ0n) is 6.08. The van der Waals surface area contributed by atoms with Gasteiger partial charge in [-0.15, -0.1) is 0 Å². The van der Waals surface area contributed by atoms with Crippen LogP contribution in [0.15, 0.2) is 0 Å². The van der Waals surface area contributed by atoms with Gasteiger partial charge in [0, 0.05) is 13.1 Å². The van der Waals surface area contributed by atoms with Crippen LogP contribution in [-0.2, 0) is 0 Å². The van der Waals surface area contributed by atoms with Crippen molar-refractivity contribution in [3.8, 4) is 0 Å². The van der Waals surface area contributed by atoms with Gasteiger partial charge in [0.25, 0.3) is 0 Å². The standard InChI is InChI=1S/C6H12N2O2/c1-2-7-4-3-5-8(10)6(7)9/h10H,2-5H2,1H3. The molecule has 2 amide bonds. The molecule has 1 aliphatic heterocycles. The summed E-state index contributed by atoms with van der Waals surface area (Å²) in [7, 11) is 0. The summed E-state index contributed by atoms with van der Waals surface area (Å²) < 4.78 is 0. The molecule has 1 N–H and O–H groups in total. The summed E-state index contributed by atoms with van der Waals surface area (Å²) in [5.41, 5.74) is 0. The lowest BCUT2D eigenvalue weighted by atomic mass is 10.3. The Morgan fingerprint density at radius 2 is 2.30 bits per heavy atom. The molecule has 0 aromatic heterocycles. The van der Waals surface area contributed by atoms with Gasteiger partial charge in [0.2, 0.25) is 0 Å². The van der Waals surface area contributed by atoms with Crippen molar-refractivity contribution in [3.63, 3.8) is 0 Å². The number of rotatable bonds is 1. The molecule has 1 saturated heterocycles. The quantitative estimate of drug-likeness (QED) is 0.545. The normalized spacial score (nSPS) is 20.0. The molecule has 0 radical (unpaired) electrons. The summed E-state index contributed by atoms with van der Waals surface area (Å²) in [6.45, 7) is 3.81. The molecule has 0 aromatic carbocycles. The average Bonchev–Trinajstić information content (AvgIpc) is 1.95. The van der Waals surface area contributed by atoms with Crippen LogP contribution >= 0.6 is 0 Å². The number of hydroxylamine groups is 2. The van der Waals surface area contributed by atoms with E-state index >= 15 is 0 Å². The molecule has 0 unspecified atom stereocenters. The molecule has 4 heteroatoms. The first kappa shape index (κ1) is 7.34. The van der Waals surface area contributed by atoms with Gasteiger partial charge in [0.05, 0.1) is 6.54 Å². The first-order valence-corrected chi connectivity index (χ1v) is 3.51. The first-order valence-electron chi connectivity index (χ1n) is 3.51. The lowest BCUT2D eigenvalue weighted by Gasteiger charge is -2.30. The Balaban J connectivity index is 2.51. The van der Waals surface area contributed by atoms with Gasteiger partial charge in [-0.1, -0.05) is 0 Å². The molecule has 0 saturated carbocycles. The maximum Gasteiger partial charge on any atom is 0.343 e. The van der Waals surface area contributed by atoms with Crippen molar-refractivity contribution >= 4 is 6.03 Å². The summed E-state index contributed by atoms with van der Waals surface area (Å²) in [5.74, 6) is 0. The largest absolute Gasteiger partial charge is 0.343 e. The minimum Gasteiger partial charge on any atom is -0.323 e. The number of hydrogen-bond donors (Lipinski definition) is 1. The van der Waals surface area contributed by atoms with E-state index in [1.54, 1.807) is 4.90 Å². The molecule has 1 fully saturated rings. The molecule has 0 aliphatic carbocycles. The lowest BCUT2D eigenvalue weighted by molar-refractivity contribution is -0.0708. The van der Waals surface area contributed by atoms with Crippen molar-refractivity contribution in [3.05, 3.63) is 0 Å². The van der Waals surface area contributed by atoms with Gasteiger partial charge in [0.15, 0.2) is 0 Å². The van der Waals surface area contributed by atoms with Gasteiger partial charge in [-0.3, -0.25) is 5.21 Å². The van der Waals surface area contributed by atoms with Crippen LogP contribution in [0, 0.1) is 0 Å². The molecule has 1 rings (SSSR count). The molecular weight excluding hydrogens is 132 g/mol. The molecule has 1 heterocycles. The Morgan fingerprint density at radius 1 is 1.60 bits per heavy atom.